The summed E-state index contributed by atoms with van der Waals surface area (Å²) < 4.78 is 40.2. The molecule has 0 fully saturated rings. The maximum Gasteiger partial charge on any atom is 0.416 e. The fourth-order valence-electron chi connectivity index (χ4n) is 4.31. The lowest BCUT2D eigenvalue weighted by Crippen LogP contribution is -2.29. The van der Waals surface area contributed by atoms with Crippen molar-refractivity contribution in [2.24, 2.45) is 0 Å². The monoisotopic (exact) mass is 484 g/mol. The van der Waals surface area contributed by atoms with Crippen LogP contribution in [0.15, 0.2) is 54.7 Å². The molecule has 3 aromatic rings. The van der Waals surface area contributed by atoms with Crippen molar-refractivity contribution in [2.45, 2.75) is 25.6 Å². The molecule has 10 heteroatoms. The van der Waals surface area contributed by atoms with E-state index < -0.39 is 11.7 Å². The van der Waals surface area contributed by atoms with E-state index in [2.05, 4.69) is 21.1 Å². The molecule has 7 nitrogen and oxygen atoms in total. The van der Waals surface area contributed by atoms with Crippen LogP contribution in [-0.4, -0.2) is 47.7 Å². The number of hydrogen-bond donors (Lipinski definition) is 1. The number of nitrogens with two attached hydrogens (primary N) is 1. The molecule has 1 aromatic carbocycles. The van der Waals surface area contributed by atoms with Crippen LogP contribution in [0.25, 0.3) is 5.57 Å². The Hall–Kier alpha value is -3.82. The van der Waals surface area contributed by atoms with E-state index in [0.29, 0.717) is 30.3 Å². The van der Waals surface area contributed by atoms with Gasteiger partial charge in [-0.3, -0.25) is 9.48 Å². The Morgan fingerprint density at radius 1 is 1.20 bits per heavy atom. The predicted molar refractivity (Wildman–Crippen MR) is 130 cm³/mol. The van der Waals surface area contributed by atoms with Gasteiger partial charge in [-0.15, -0.1) is 0 Å². The molecule has 1 unspecified atom stereocenters. The maximum absolute atomic E-state index is 12.8. The standard InChI is InChI=1S/C25H27F3N6O/c1-17(15-32(2)20-8-6-19(7-9-20)25(26,27)28)34-22(16-35)21(14-30-34)18-10-12-33(13-11-18)24-5-3-4-23(29)31-24/h3-10,14,16-17H,11-13,15H2,1-2H3,(H2,29,31). The van der Waals surface area contributed by atoms with Gasteiger partial charge in [-0.25, -0.2) is 4.98 Å². The Balaban J connectivity index is 1.47. The molecular weight excluding hydrogens is 457 g/mol. The minimum Gasteiger partial charge on any atom is -0.384 e. The largest absolute Gasteiger partial charge is 0.416 e. The van der Waals surface area contributed by atoms with Crippen molar-refractivity contribution in [1.82, 2.24) is 14.8 Å². The number of halogens is 3. The molecule has 184 valence electrons. The molecule has 0 aliphatic carbocycles. The van der Waals surface area contributed by atoms with E-state index in [0.717, 1.165) is 48.3 Å². The van der Waals surface area contributed by atoms with Crippen molar-refractivity contribution >= 4 is 29.2 Å². The summed E-state index contributed by atoms with van der Waals surface area (Å²) in [6.07, 6.45) is 0.942. The van der Waals surface area contributed by atoms with Gasteiger partial charge in [0, 0.05) is 37.9 Å². The lowest BCUT2D eigenvalue weighted by Gasteiger charge is -2.27. The van der Waals surface area contributed by atoms with Gasteiger partial charge in [0.2, 0.25) is 0 Å². The van der Waals surface area contributed by atoms with Crippen LogP contribution in [0.1, 0.15) is 41.0 Å². The smallest absolute Gasteiger partial charge is 0.384 e. The van der Waals surface area contributed by atoms with E-state index in [4.69, 9.17) is 5.73 Å². The molecule has 3 heterocycles. The van der Waals surface area contributed by atoms with Gasteiger partial charge in [-0.2, -0.15) is 18.3 Å². The number of aldehydes is 1. The molecular formula is C25H27F3N6O. The number of hydrogen-bond acceptors (Lipinski definition) is 6. The van der Waals surface area contributed by atoms with Gasteiger partial charge < -0.3 is 15.5 Å². The minimum atomic E-state index is -4.37. The van der Waals surface area contributed by atoms with Gasteiger partial charge in [0.05, 0.1) is 17.8 Å². The lowest BCUT2D eigenvalue weighted by molar-refractivity contribution is -0.137. The number of nitrogens with zero attached hydrogens (tertiary/aromatic N) is 5. The highest BCUT2D eigenvalue weighted by molar-refractivity contribution is 5.84. The highest BCUT2D eigenvalue weighted by Crippen LogP contribution is 2.31. The third-order valence-electron chi connectivity index (χ3n) is 6.17. The summed E-state index contributed by atoms with van der Waals surface area (Å²) in [5.41, 5.74) is 8.08. The molecule has 2 aromatic heterocycles. The summed E-state index contributed by atoms with van der Waals surface area (Å²) in [7, 11) is 1.80. The van der Waals surface area contributed by atoms with Gasteiger partial charge in [0.15, 0.2) is 6.29 Å². The molecule has 1 aliphatic heterocycles. The van der Waals surface area contributed by atoms with Crippen molar-refractivity contribution in [3.05, 3.63) is 71.6 Å². The second kappa shape index (κ2) is 9.81. The molecule has 0 bridgehead atoms. The fourth-order valence-corrected chi connectivity index (χ4v) is 4.31. The van der Waals surface area contributed by atoms with Crippen molar-refractivity contribution in [3.63, 3.8) is 0 Å². The Morgan fingerprint density at radius 3 is 2.54 bits per heavy atom. The van der Waals surface area contributed by atoms with Crippen LogP contribution in [-0.2, 0) is 6.18 Å². The van der Waals surface area contributed by atoms with Gasteiger partial charge in [0.1, 0.15) is 17.3 Å². The summed E-state index contributed by atoms with van der Waals surface area (Å²) in [5, 5.41) is 4.47. The number of pyridine rings is 1. The van der Waals surface area contributed by atoms with Crippen molar-refractivity contribution in [2.75, 3.05) is 42.2 Å². The van der Waals surface area contributed by atoms with Crippen LogP contribution in [0.5, 0.6) is 0 Å². The van der Waals surface area contributed by atoms with Crippen LogP contribution >= 0.6 is 0 Å². The fraction of sp³-hybridized carbons (Fsp3) is 0.320. The summed E-state index contributed by atoms with van der Waals surface area (Å²) in [6, 6.07) is 10.4. The van der Waals surface area contributed by atoms with Gasteiger partial charge in [-0.05, 0) is 55.3 Å². The van der Waals surface area contributed by atoms with Crippen LogP contribution in [0.3, 0.4) is 0 Å². The number of aromatic nitrogens is 3. The zero-order valence-electron chi connectivity index (χ0n) is 19.5. The van der Waals surface area contributed by atoms with Crippen molar-refractivity contribution in [1.29, 1.82) is 0 Å². The topological polar surface area (TPSA) is 80.3 Å². The molecule has 0 spiro atoms. The zero-order chi connectivity index (χ0) is 25.2. The van der Waals surface area contributed by atoms with Crippen LogP contribution in [0.4, 0.5) is 30.5 Å². The summed E-state index contributed by atoms with van der Waals surface area (Å²) >= 11 is 0. The summed E-state index contributed by atoms with van der Waals surface area (Å²) in [5.74, 6) is 1.28. The maximum atomic E-state index is 12.8. The molecule has 0 saturated heterocycles. The third-order valence-corrected chi connectivity index (χ3v) is 6.17. The van der Waals surface area contributed by atoms with Crippen molar-refractivity contribution < 1.29 is 18.0 Å². The average molecular weight is 485 g/mol. The first-order chi connectivity index (χ1) is 16.7. The van der Waals surface area contributed by atoms with Crippen LogP contribution < -0.4 is 15.5 Å². The minimum absolute atomic E-state index is 0.187. The molecule has 1 aliphatic rings. The van der Waals surface area contributed by atoms with Gasteiger partial charge in [0.25, 0.3) is 0 Å². The Bertz CT molecular complexity index is 1220. The Kier molecular flexibility index (Phi) is 6.81. The molecule has 1 atom stereocenters. The van der Waals surface area contributed by atoms with Crippen LogP contribution in [0.2, 0.25) is 0 Å². The van der Waals surface area contributed by atoms with Gasteiger partial charge >= 0.3 is 6.18 Å². The molecule has 0 saturated carbocycles. The number of alkyl halides is 3. The van der Waals surface area contributed by atoms with Crippen molar-refractivity contribution in [3.8, 4) is 0 Å². The van der Waals surface area contributed by atoms with E-state index >= 15 is 0 Å². The molecule has 2 N–H and O–H groups in total. The Labute approximate surface area is 201 Å². The van der Waals surface area contributed by atoms with E-state index in [-0.39, 0.29) is 6.04 Å². The number of carbonyl (C=O) groups excluding carboxylic acids is 1. The van der Waals surface area contributed by atoms with Crippen LogP contribution in [0, 0.1) is 0 Å². The number of nitrogen functional groups attached to an aromatic ring is 1. The van der Waals surface area contributed by atoms with E-state index in [1.807, 2.05) is 24.0 Å². The molecule has 35 heavy (non-hydrogen) atoms. The molecule has 0 amide bonds. The van der Waals surface area contributed by atoms with Gasteiger partial charge in [-0.1, -0.05) is 12.1 Å². The number of anilines is 3. The van der Waals surface area contributed by atoms with E-state index in [1.54, 1.807) is 24.0 Å². The second-order valence-corrected chi connectivity index (χ2v) is 8.63. The first-order valence-corrected chi connectivity index (χ1v) is 11.3. The van der Waals surface area contributed by atoms with E-state index in [9.17, 15) is 18.0 Å². The first-order valence-electron chi connectivity index (χ1n) is 11.3. The normalized spacial score (nSPS) is 15.0. The third kappa shape index (κ3) is 5.31. The second-order valence-electron chi connectivity index (χ2n) is 8.63. The molecule has 4 rings (SSSR count). The highest BCUT2D eigenvalue weighted by Gasteiger charge is 2.30. The highest BCUT2D eigenvalue weighted by atomic mass is 19.4. The summed E-state index contributed by atoms with van der Waals surface area (Å²) in [6.45, 7) is 3.76. The SMILES string of the molecule is CC(CN(C)c1ccc(C(F)(F)F)cc1)n1ncc(C2=CCN(c3cccc(N)n3)CC2)c1C=O. The summed E-state index contributed by atoms with van der Waals surface area (Å²) in [4.78, 5) is 20.4. The first kappa shape index (κ1) is 24.3. The predicted octanol–water partition coefficient (Wildman–Crippen LogP) is 4.68. The number of carbonyl (C=O) groups is 1. The average Bonchev–Trinajstić information content (AvgIpc) is 3.28. The Morgan fingerprint density at radius 2 is 1.94 bits per heavy atom. The quantitative estimate of drug-likeness (QED) is 0.491. The van der Waals surface area contributed by atoms with E-state index in [1.165, 1.54) is 12.1 Å². The zero-order valence-corrected chi connectivity index (χ0v) is 19.5. The lowest BCUT2D eigenvalue weighted by atomic mass is 10.00. The molecule has 0 radical (unpaired) electrons. The number of rotatable bonds is 7. The number of benzene rings is 1. The number of likely N-dealkylation sites (N-methyl/N-ethyl adjacent to an activating group) is 1.